The molecule has 1 unspecified atom stereocenters. The van der Waals surface area contributed by atoms with Crippen molar-refractivity contribution in [3.63, 3.8) is 0 Å². The summed E-state index contributed by atoms with van der Waals surface area (Å²) in [6, 6.07) is 0.0964. The summed E-state index contributed by atoms with van der Waals surface area (Å²) in [5.74, 6) is 0.168. The lowest BCUT2D eigenvalue weighted by atomic mass is 9.80. The van der Waals surface area contributed by atoms with Gasteiger partial charge in [0.25, 0.3) is 0 Å². The Bertz CT molecular complexity index is 225. The van der Waals surface area contributed by atoms with Crippen LogP contribution in [0.5, 0.6) is 0 Å². The topological polar surface area (TPSA) is 50.4 Å². The van der Waals surface area contributed by atoms with Crippen molar-refractivity contribution in [1.82, 2.24) is 10.6 Å². The van der Waals surface area contributed by atoms with Crippen LogP contribution < -0.4 is 10.6 Å². The predicted molar refractivity (Wildman–Crippen MR) is 64.3 cm³/mol. The maximum atomic E-state index is 12.1. The van der Waals surface area contributed by atoms with Crippen LogP contribution >= 0.6 is 0 Å². The van der Waals surface area contributed by atoms with Gasteiger partial charge in [-0.25, -0.2) is 0 Å². The van der Waals surface area contributed by atoms with E-state index in [1.165, 1.54) is 0 Å². The second-order valence-corrected chi connectivity index (χ2v) is 4.84. The summed E-state index contributed by atoms with van der Waals surface area (Å²) >= 11 is 0. The fraction of sp³-hybridized carbons (Fsp3) is 0.917. The highest BCUT2D eigenvalue weighted by Crippen LogP contribution is 2.27. The lowest BCUT2D eigenvalue weighted by molar-refractivity contribution is -0.132. The van der Waals surface area contributed by atoms with Gasteiger partial charge in [0.05, 0.1) is 6.61 Å². The van der Waals surface area contributed by atoms with E-state index < -0.39 is 0 Å². The van der Waals surface area contributed by atoms with Gasteiger partial charge in [-0.05, 0) is 39.8 Å². The average Bonchev–Trinajstić information content (AvgIpc) is 2.27. The van der Waals surface area contributed by atoms with E-state index in [0.717, 1.165) is 25.9 Å². The minimum absolute atomic E-state index is 0.0964. The van der Waals surface area contributed by atoms with E-state index in [1.54, 1.807) is 0 Å². The maximum Gasteiger partial charge on any atom is 0.226 e. The summed E-state index contributed by atoms with van der Waals surface area (Å²) in [5.41, 5.74) is -0.203. The second kappa shape index (κ2) is 6.21. The molecule has 0 aromatic heterocycles. The largest absolute Gasteiger partial charge is 0.380 e. The number of nitrogens with one attached hydrogen (secondary N) is 2. The van der Waals surface area contributed by atoms with Crippen molar-refractivity contribution in [1.29, 1.82) is 0 Å². The minimum atomic E-state index is -0.203. The van der Waals surface area contributed by atoms with Crippen molar-refractivity contribution in [2.45, 2.75) is 39.7 Å². The van der Waals surface area contributed by atoms with Gasteiger partial charge < -0.3 is 15.4 Å². The van der Waals surface area contributed by atoms with E-state index in [9.17, 15) is 4.79 Å². The van der Waals surface area contributed by atoms with Crippen molar-refractivity contribution in [2.24, 2.45) is 5.41 Å². The maximum absolute atomic E-state index is 12.1. The Morgan fingerprint density at radius 3 is 2.69 bits per heavy atom. The molecule has 1 fully saturated rings. The number of ether oxygens (including phenoxy) is 1. The number of hydrogen-bond donors (Lipinski definition) is 2. The van der Waals surface area contributed by atoms with Crippen LogP contribution in [0.15, 0.2) is 0 Å². The van der Waals surface area contributed by atoms with E-state index in [2.05, 4.69) is 17.6 Å². The summed E-state index contributed by atoms with van der Waals surface area (Å²) in [6.07, 6.45) is 1.83. The normalized spacial score (nSPS) is 21.4. The highest BCUT2D eigenvalue weighted by molar-refractivity contribution is 5.82. The van der Waals surface area contributed by atoms with Crippen LogP contribution in [0.2, 0.25) is 0 Å². The Hall–Kier alpha value is -0.610. The molecule has 4 heteroatoms. The lowest BCUT2D eigenvalue weighted by Gasteiger charge is -2.33. The molecule has 1 aliphatic rings. The zero-order valence-corrected chi connectivity index (χ0v) is 10.6. The monoisotopic (exact) mass is 228 g/mol. The van der Waals surface area contributed by atoms with Crippen molar-refractivity contribution in [2.75, 3.05) is 26.3 Å². The molecule has 16 heavy (non-hydrogen) atoms. The molecule has 4 nitrogen and oxygen atoms in total. The third kappa shape index (κ3) is 3.76. The van der Waals surface area contributed by atoms with Gasteiger partial charge in [0, 0.05) is 18.1 Å². The van der Waals surface area contributed by atoms with Crippen LogP contribution in [0.1, 0.15) is 33.6 Å². The van der Waals surface area contributed by atoms with Crippen LogP contribution in [0.3, 0.4) is 0 Å². The van der Waals surface area contributed by atoms with Crippen molar-refractivity contribution in [3.8, 4) is 0 Å². The third-order valence-corrected chi connectivity index (χ3v) is 3.20. The molecule has 0 aliphatic carbocycles. The van der Waals surface area contributed by atoms with Crippen LogP contribution in [0, 0.1) is 5.41 Å². The molecule has 1 heterocycles. The first-order chi connectivity index (χ1) is 7.58. The first-order valence-electron chi connectivity index (χ1n) is 6.18. The molecule has 1 saturated heterocycles. The molecule has 94 valence electrons. The molecule has 2 N–H and O–H groups in total. The van der Waals surface area contributed by atoms with Gasteiger partial charge in [-0.2, -0.15) is 0 Å². The zero-order chi connectivity index (χ0) is 12.0. The Kier molecular flexibility index (Phi) is 5.22. The van der Waals surface area contributed by atoms with Gasteiger partial charge in [0.2, 0.25) is 5.91 Å². The van der Waals surface area contributed by atoms with Gasteiger partial charge in [-0.1, -0.05) is 6.92 Å². The van der Waals surface area contributed by atoms with Gasteiger partial charge in [-0.15, -0.1) is 0 Å². The summed E-state index contributed by atoms with van der Waals surface area (Å²) in [4.78, 5) is 12.1. The molecular weight excluding hydrogens is 204 g/mol. The highest BCUT2D eigenvalue weighted by atomic mass is 16.5. The molecule has 1 atom stereocenters. The van der Waals surface area contributed by atoms with E-state index in [1.807, 2.05) is 13.8 Å². The SMILES string of the molecule is CCOCC(C)NC(=O)C1(C)CCNCC1. The smallest absolute Gasteiger partial charge is 0.226 e. The zero-order valence-electron chi connectivity index (χ0n) is 10.6. The Morgan fingerprint density at radius 1 is 1.50 bits per heavy atom. The van der Waals surface area contributed by atoms with E-state index in [4.69, 9.17) is 4.74 Å². The van der Waals surface area contributed by atoms with Gasteiger partial charge in [0.1, 0.15) is 0 Å². The minimum Gasteiger partial charge on any atom is -0.380 e. The summed E-state index contributed by atoms with van der Waals surface area (Å²) in [6.45, 7) is 9.16. The molecule has 0 bridgehead atoms. The first-order valence-corrected chi connectivity index (χ1v) is 6.18. The lowest BCUT2D eigenvalue weighted by Crippen LogP contribution is -2.49. The van der Waals surface area contributed by atoms with E-state index >= 15 is 0 Å². The van der Waals surface area contributed by atoms with E-state index in [-0.39, 0.29) is 17.4 Å². The predicted octanol–water partition coefficient (Wildman–Crippen LogP) is 0.917. The number of hydrogen-bond acceptors (Lipinski definition) is 3. The van der Waals surface area contributed by atoms with Gasteiger partial charge >= 0.3 is 0 Å². The second-order valence-electron chi connectivity index (χ2n) is 4.84. The third-order valence-electron chi connectivity index (χ3n) is 3.20. The van der Waals surface area contributed by atoms with Crippen molar-refractivity contribution >= 4 is 5.91 Å². The summed E-state index contributed by atoms with van der Waals surface area (Å²) < 4.78 is 5.29. The van der Waals surface area contributed by atoms with E-state index in [0.29, 0.717) is 13.2 Å². The van der Waals surface area contributed by atoms with Crippen molar-refractivity contribution in [3.05, 3.63) is 0 Å². The fourth-order valence-corrected chi connectivity index (χ4v) is 1.94. The molecular formula is C12H24N2O2. The van der Waals surface area contributed by atoms with Crippen LogP contribution in [0.4, 0.5) is 0 Å². The highest BCUT2D eigenvalue weighted by Gasteiger charge is 2.34. The number of rotatable bonds is 5. The molecule has 1 rings (SSSR count). The quantitative estimate of drug-likeness (QED) is 0.735. The Morgan fingerprint density at radius 2 is 2.12 bits per heavy atom. The number of carbonyl (C=O) groups is 1. The van der Waals surface area contributed by atoms with Crippen LogP contribution in [-0.4, -0.2) is 38.3 Å². The number of carbonyl (C=O) groups excluding carboxylic acids is 1. The average molecular weight is 228 g/mol. The first kappa shape index (κ1) is 13.5. The molecule has 0 aromatic rings. The standard InChI is InChI=1S/C12H24N2O2/c1-4-16-9-10(2)14-11(15)12(3)5-7-13-8-6-12/h10,13H,4-9H2,1-3H3,(H,14,15). The number of piperidine rings is 1. The molecule has 1 amide bonds. The Labute approximate surface area is 98.1 Å². The van der Waals surface area contributed by atoms with Crippen molar-refractivity contribution < 1.29 is 9.53 Å². The fourth-order valence-electron chi connectivity index (χ4n) is 1.94. The van der Waals surface area contributed by atoms with Gasteiger partial charge in [-0.3, -0.25) is 4.79 Å². The molecule has 1 aliphatic heterocycles. The summed E-state index contributed by atoms with van der Waals surface area (Å²) in [7, 11) is 0. The molecule has 0 radical (unpaired) electrons. The number of amides is 1. The Balaban J connectivity index is 2.38. The van der Waals surface area contributed by atoms with Crippen LogP contribution in [-0.2, 0) is 9.53 Å². The summed E-state index contributed by atoms with van der Waals surface area (Å²) in [5, 5.41) is 6.31. The molecule has 0 aromatic carbocycles. The van der Waals surface area contributed by atoms with Gasteiger partial charge in [0.15, 0.2) is 0 Å². The molecule has 0 spiro atoms. The molecule has 0 saturated carbocycles. The van der Waals surface area contributed by atoms with Crippen LogP contribution in [0.25, 0.3) is 0 Å².